The van der Waals surface area contributed by atoms with Crippen molar-refractivity contribution in [2.45, 2.75) is 5.41 Å². The van der Waals surface area contributed by atoms with Crippen LogP contribution in [0.4, 0.5) is 0 Å². The number of ether oxygens (including phenoxy) is 1. The van der Waals surface area contributed by atoms with E-state index in [4.69, 9.17) is 19.7 Å². The maximum Gasteiger partial charge on any atom is 0.164 e. The number of nitriles is 1. The van der Waals surface area contributed by atoms with E-state index in [0.29, 0.717) is 23.0 Å². The molecule has 0 saturated carbocycles. The number of hydrogen-bond acceptors (Lipinski definition) is 5. The Labute approximate surface area is 336 Å². The van der Waals surface area contributed by atoms with E-state index in [1.54, 1.807) is 0 Å². The molecule has 8 aromatic carbocycles. The van der Waals surface area contributed by atoms with E-state index in [1.807, 2.05) is 84.9 Å². The van der Waals surface area contributed by atoms with Gasteiger partial charge in [0.15, 0.2) is 17.5 Å². The number of fused-ring (bicyclic) bond motifs is 9. The van der Waals surface area contributed by atoms with Crippen molar-refractivity contribution in [1.29, 1.82) is 5.26 Å². The lowest BCUT2D eigenvalue weighted by molar-refractivity contribution is 0.440. The zero-order valence-corrected chi connectivity index (χ0v) is 31.2. The van der Waals surface area contributed by atoms with Crippen LogP contribution in [0.25, 0.3) is 67.5 Å². The van der Waals surface area contributed by atoms with Gasteiger partial charge in [-0.05, 0) is 51.6 Å². The molecule has 1 aliphatic carbocycles. The predicted molar refractivity (Wildman–Crippen MR) is 229 cm³/mol. The average Bonchev–Trinajstić information content (AvgIpc) is 3.60. The van der Waals surface area contributed by atoms with Gasteiger partial charge in [-0.25, -0.2) is 15.0 Å². The highest BCUT2D eigenvalue weighted by atomic mass is 16.5. The van der Waals surface area contributed by atoms with Gasteiger partial charge in [0.05, 0.1) is 17.0 Å². The third-order valence-corrected chi connectivity index (χ3v) is 11.5. The van der Waals surface area contributed by atoms with Crippen LogP contribution in [0.15, 0.2) is 194 Å². The van der Waals surface area contributed by atoms with E-state index in [-0.39, 0.29) is 0 Å². The van der Waals surface area contributed by atoms with Crippen LogP contribution in [0, 0.1) is 11.3 Å². The fourth-order valence-electron chi connectivity index (χ4n) is 8.89. The number of aromatic nitrogens is 3. The lowest BCUT2D eigenvalue weighted by Crippen LogP contribution is -2.32. The van der Waals surface area contributed by atoms with Crippen LogP contribution in [0.2, 0.25) is 0 Å². The molecule has 0 amide bonds. The molecule has 1 aliphatic heterocycles. The molecule has 0 unspecified atom stereocenters. The highest BCUT2D eigenvalue weighted by Crippen LogP contribution is 2.64. The lowest BCUT2D eigenvalue weighted by Gasteiger charge is -2.40. The standard InChI is InChI=1S/C53H32N4O/c54-33-34-28-30-35(31-29-34)40-22-12-26-46-48(40)58-49-41(23-13-27-47(49)53(46)44-24-9-7-20-42(44)43-21-8-10-25-45(43)53)38-18-11-19-39(32-38)52-56-50(36-14-3-1-4-15-36)55-51(57-52)37-16-5-2-6-17-37/h1-32H. The number of rotatable bonds is 5. The van der Waals surface area contributed by atoms with Gasteiger partial charge in [0.2, 0.25) is 0 Å². The van der Waals surface area contributed by atoms with Crippen molar-refractivity contribution in [3.8, 4) is 85.1 Å². The van der Waals surface area contributed by atoms with E-state index in [9.17, 15) is 5.26 Å². The first-order valence-electron chi connectivity index (χ1n) is 19.3. The van der Waals surface area contributed by atoms with Crippen LogP contribution in [0.5, 0.6) is 11.5 Å². The summed E-state index contributed by atoms with van der Waals surface area (Å²) in [6, 6.07) is 69.0. The Morgan fingerprint density at radius 2 is 0.776 bits per heavy atom. The molecule has 1 aromatic heterocycles. The van der Waals surface area contributed by atoms with E-state index in [1.165, 1.54) is 22.3 Å². The molecule has 0 N–H and O–H groups in total. The lowest BCUT2D eigenvalue weighted by atomic mass is 9.65. The zero-order chi connectivity index (χ0) is 38.6. The molecule has 0 saturated heterocycles. The molecule has 0 radical (unpaired) electrons. The first kappa shape index (κ1) is 33.4. The largest absolute Gasteiger partial charge is 0.455 e. The molecule has 11 rings (SSSR count). The maximum atomic E-state index is 9.60. The molecule has 5 heteroatoms. The van der Waals surface area contributed by atoms with Crippen LogP contribution in [0.1, 0.15) is 27.8 Å². The summed E-state index contributed by atoms with van der Waals surface area (Å²) in [6.07, 6.45) is 0. The van der Waals surface area contributed by atoms with Crippen LogP contribution in [0.3, 0.4) is 0 Å². The molecular weight excluding hydrogens is 709 g/mol. The smallest absolute Gasteiger partial charge is 0.164 e. The summed E-state index contributed by atoms with van der Waals surface area (Å²) in [5.41, 5.74) is 13.6. The summed E-state index contributed by atoms with van der Waals surface area (Å²) in [6.45, 7) is 0. The van der Waals surface area contributed by atoms with E-state index in [0.717, 1.165) is 61.6 Å². The van der Waals surface area contributed by atoms with Crippen molar-refractivity contribution in [2.75, 3.05) is 0 Å². The van der Waals surface area contributed by atoms with Gasteiger partial charge in [0.25, 0.3) is 0 Å². The molecule has 2 heterocycles. The second kappa shape index (κ2) is 13.4. The Hall–Kier alpha value is -7.94. The third-order valence-electron chi connectivity index (χ3n) is 11.5. The Morgan fingerprint density at radius 1 is 0.362 bits per heavy atom. The Balaban J connectivity index is 1.14. The monoisotopic (exact) mass is 740 g/mol. The summed E-state index contributed by atoms with van der Waals surface area (Å²) in [4.78, 5) is 15.0. The van der Waals surface area contributed by atoms with Gasteiger partial charge in [-0.15, -0.1) is 0 Å². The molecule has 270 valence electrons. The Bertz CT molecular complexity index is 2990. The topological polar surface area (TPSA) is 71.7 Å². The Morgan fingerprint density at radius 3 is 1.33 bits per heavy atom. The predicted octanol–water partition coefficient (Wildman–Crippen LogP) is 12.5. The number of para-hydroxylation sites is 2. The average molecular weight is 741 g/mol. The van der Waals surface area contributed by atoms with Crippen LogP contribution >= 0.6 is 0 Å². The molecule has 0 fully saturated rings. The van der Waals surface area contributed by atoms with Crippen molar-refractivity contribution in [1.82, 2.24) is 15.0 Å². The molecule has 9 aromatic rings. The molecule has 0 bridgehead atoms. The number of hydrogen-bond donors (Lipinski definition) is 0. The molecular formula is C53H32N4O. The minimum absolute atomic E-state index is 0.587. The van der Waals surface area contributed by atoms with Crippen LogP contribution in [-0.2, 0) is 5.41 Å². The van der Waals surface area contributed by atoms with Gasteiger partial charge in [-0.3, -0.25) is 0 Å². The van der Waals surface area contributed by atoms with Gasteiger partial charge in [-0.2, -0.15) is 5.26 Å². The minimum atomic E-state index is -0.657. The van der Waals surface area contributed by atoms with Crippen molar-refractivity contribution in [2.24, 2.45) is 0 Å². The van der Waals surface area contributed by atoms with Gasteiger partial charge < -0.3 is 4.74 Å². The SMILES string of the molecule is N#Cc1ccc(-c2cccc3c2Oc2c(-c4cccc(-c5nc(-c6ccccc6)nc(-c6ccccc6)n5)c4)cccc2C32c3ccccc3-c3ccccc32)cc1. The number of nitrogens with zero attached hydrogens (tertiary/aromatic N) is 4. The number of benzene rings is 8. The maximum absolute atomic E-state index is 9.60. The van der Waals surface area contributed by atoms with Gasteiger partial charge in [0.1, 0.15) is 11.5 Å². The first-order valence-corrected chi connectivity index (χ1v) is 19.3. The van der Waals surface area contributed by atoms with Crippen LogP contribution < -0.4 is 4.74 Å². The van der Waals surface area contributed by atoms with E-state index >= 15 is 0 Å². The fraction of sp³-hybridized carbons (Fsp3) is 0.0189. The van der Waals surface area contributed by atoms with E-state index < -0.39 is 5.41 Å². The molecule has 5 nitrogen and oxygen atoms in total. The summed E-state index contributed by atoms with van der Waals surface area (Å²) >= 11 is 0. The highest BCUT2D eigenvalue weighted by molar-refractivity contribution is 5.92. The quantitative estimate of drug-likeness (QED) is 0.176. The highest BCUT2D eigenvalue weighted by Gasteiger charge is 2.52. The first-order chi connectivity index (χ1) is 28.7. The fourth-order valence-corrected chi connectivity index (χ4v) is 8.89. The van der Waals surface area contributed by atoms with Crippen molar-refractivity contribution >= 4 is 0 Å². The summed E-state index contributed by atoms with van der Waals surface area (Å²) in [5.74, 6) is 3.41. The molecule has 0 atom stereocenters. The Kier molecular flexibility index (Phi) is 7.70. The summed E-state index contributed by atoms with van der Waals surface area (Å²) in [7, 11) is 0. The second-order valence-corrected chi connectivity index (χ2v) is 14.6. The van der Waals surface area contributed by atoms with Gasteiger partial charge in [-0.1, -0.05) is 176 Å². The van der Waals surface area contributed by atoms with Crippen molar-refractivity contribution in [3.63, 3.8) is 0 Å². The zero-order valence-electron chi connectivity index (χ0n) is 31.2. The summed E-state index contributed by atoms with van der Waals surface area (Å²) in [5, 5.41) is 9.60. The normalized spacial score (nSPS) is 12.7. The third kappa shape index (κ3) is 5.13. The summed E-state index contributed by atoms with van der Waals surface area (Å²) < 4.78 is 7.32. The molecule has 58 heavy (non-hydrogen) atoms. The molecule has 2 aliphatic rings. The van der Waals surface area contributed by atoms with Crippen molar-refractivity contribution < 1.29 is 4.74 Å². The van der Waals surface area contributed by atoms with Crippen LogP contribution in [-0.4, -0.2) is 15.0 Å². The minimum Gasteiger partial charge on any atom is -0.455 e. The molecule has 1 spiro atoms. The second-order valence-electron chi connectivity index (χ2n) is 14.6. The van der Waals surface area contributed by atoms with E-state index in [2.05, 4.69) is 115 Å². The van der Waals surface area contributed by atoms with Gasteiger partial charge >= 0.3 is 0 Å². The van der Waals surface area contributed by atoms with Crippen molar-refractivity contribution in [3.05, 3.63) is 222 Å². The van der Waals surface area contributed by atoms with Gasteiger partial charge in [0, 0.05) is 38.9 Å².